The molecule has 0 aliphatic carbocycles. The lowest BCUT2D eigenvalue weighted by molar-refractivity contribution is -0.126. The average molecular weight is 337 g/mol. The molecule has 1 aromatic rings. The molecule has 1 unspecified atom stereocenters. The average Bonchev–Trinajstić information content (AvgIpc) is 2.99. The number of likely N-dealkylation sites (tertiary alicyclic amines) is 1. The Morgan fingerprint density at radius 3 is 2.61 bits per heavy atom. The van der Waals surface area contributed by atoms with Gasteiger partial charge in [0, 0.05) is 30.6 Å². The number of amides is 2. The maximum Gasteiger partial charge on any atom is 0.261 e. The Morgan fingerprint density at radius 1 is 1.35 bits per heavy atom. The van der Waals surface area contributed by atoms with Gasteiger partial charge in [-0.2, -0.15) is 0 Å². The van der Waals surface area contributed by atoms with E-state index in [1.807, 2.05) is 32.9 Å². The first kappa shape index (κ1) is 17.9. The van der Waals surface area contributed by atoms with Crippen LogP contribution >= 0.6 is 11.3 Å². The Bertz CT molecular complexity index is 536. The highest BCUT2D eigenvalue weighted by atomic mass is 32.1. The van der Waals surface area contributed by atoms with Crippen LogP contribution in [0.25, 0.3) is 0 Å². The molecule has 2 rings (SSSR count). The van der Waals surface area contributed by atoms with E-state index in [4.69, 9.17) is 0 Å². The van der Waals surface area contributed by atoms with Crippen molar-refractivity contribution in [1.29, 1.82) is 0 Å². The van der Waals surface area contributed by atoms with Crippen LogP contribution in [-0.4, -0.2) is 48.4 Å². The third-order valence-corrected chi connectivity index (χ3v) is 5.30. The zero-order valence-electron chi connectivity index (χ0n) is 14.2. The minimum Gasteiger partial charge on any atom is -0.355 e. The SMILES string of the molecule is CCCNC(=O)C(C)N1CCC(NC(=O)c2ccc(C)s2)CC1. The van der Waals surface area contributed by atoms with Gasteiger partial charge in [0.05, 0.1) is 10.9 Å². The lowest BCUT2D eigenvalue weighted by atomic mass is 10.0. The quantitative estimate of drug-likeness (QED) is 0.836. The van der Waals surface area contributed by atoms with Gasteiger partial charge in [-0.1, -0.05) is 6.92 Å². The highest BCUT2D eigenvalue weighted by molar-refractivity contribution is 7.13. The second-order valence-electron chi connectivity index (χ2n) is 6.16. The van der Waals surface area contributed by atoms with Gasteiger partial charge >= 0.3 is 0 Å². The summed E-state index contributed by atoms with van der Waals surface area (Å²) >= 11 is 1.53. The van der Waals surface area contributed by atoms with Crippen LogP contribution in [0.2, 0.25) is 0 Å². The number of nitrogens with one attached hydrogen (secondary N) is 2. The predicted octanol–water partition coefficient (Wildman–Crippen LogP) is 2.17. The van der Waals surface area contributed by atoms with Crippen molar-refractivity contribution in [3.8, 4) is 0 Å². The number of piperidine rings is 1. The van der Waals surface area contributed by atoms with E-state index in [1.54, 1.807) is 0 Å². The van der Waals surface area contributed by atoms with Crippen LogP contribution in [0, 0.1) is 6.92 Å². The fourth-order valence-electron chi connectivity index (χ4n) is 2.81. The van der Waals surface area contributed by atoms with Crippen LogP contribution in [-0.2, 0) is 4.79 Å². The lowest BCUT2D eigenvalue weighted by Crippen LogP contribution is -2.51. The lowest BCUT2D eigenvalue weighted by Gasteiger charge is -2.35. The molecule has 0 aromatic carbocycles. The van der Waals surface area contributed by atoms with Crippen molar-refractivity contribution in [2.45, 2.75) is 52.1 Å². The van der Waals surface area contributed by atoms with Crippen LogP contribution < -0.4 is 10.6 Å². The number of hydrogen-bond donors (Lipinski definition) is 2. The number of thiophene rings is 1. The number of aryl methyl sites for hydroxylation is 1. The first-order valence-corrected chi connectivity index (χ1v) is 9.22. The van der Waals surface area contributed by atoms with E-state index in [9.17, 15) is 9.59 Å². The summed E-state index contributed by atoms with van der Waals surface area (Å²) in [5, 5.41) is 6.06. The largest absolute Gasteiger partial charge is 0.355 e. The second-order valence-corrected chi connectivity index (χ2v) is 7.45. The van der Waals surface area contributed by atoms with Crippen LogP contribution in [0.1, 0.15) is 47.7 Å². The summed E-state index contributed by atoms with van der Waals surface area (Å²) < 4.78 is 0. The molecule has 2 heterocycles. The van der Waals surface area contributed by atoms with Gasteiger partial charge in [0.15, 0.2) is 0 Å². The maximum absolute atomic E-state index is 12.2. The molecule has 1 aliphatic heterocycles. The van der Waals surface area contributed by atoms with E-state index in [0.29, 0.717) is 0 Å². The van der Waals surface area contributed by atoms with Crippen molar-refractivity contribution in [1.82, 2.24) is 15.5 Å². The van der Waals surface area contributed by atoms with Gasteiger partial charge in [0.1, 0.15) is 0 Å². The highest BCUT2D eigenvalue weighted by Gasteiger charge is 2.27. The molecule has 5 nitrogen and oxygen atoms in total. The van der Waals surface area contributed by atoms with Gasteiger partial charge in [-0.3, -0.25) is 14.5 Å². The third-order valence-electron chi connectivity index (χ3n) is 4.31. The summed E-state index contributed by atoms with van der Waals surface area (Å²) in [6.45, 7) is 8.43. The van der Waals surface area contributed by atoms with Crippen molar-refractivity contribution in [2.75, 3.05) is 19.6 Å². The zero-order chi connectivity index (χ0) is 16.8. The molecule has 128 valence electrons. The monoisotopic (exact) mass is 337 g/mol. The molecule has 23 heavy (non-hydrogen) atoms. The van der Waals surface area contributed by atoms with Crippen LogP contribution in [0.4, 0.5) is 0 Å². The molecule has 2 amide bonds. The molecule has 1 aromatic heterocycles. The molecule has 0 radical (unpaired) electrons. The van der Waals surface area contributed by atoms with Crippen LogP contribution in [0.3, 0.4) is 0 Å². The third kappa shape index (κ3) is 5.04. The summed E-state index contributed by atoms with van der Waals surface area (Å²) in [7, 11) is 0. The summed E-state index contributed by atoms with van der Waals surface area (Å²) in [6, 6.07) is 3.95. The zero-order valence-corrected chi connectivity index (χ0v) is 15.0. The van der Waals surface area contributed by atoms with Crippen LogP contribution in [0.5, 0.6) is 0 Å². The van der Waals surface area contributed by atoms with E-state index < -0.39 is 0 Å². The van der Waals surface area contributed by atoms with Gasteiger partial charge in [0.2, 0.25) is 5.91 Å². The van der Waals surface area contributed by atoms with E-state index in [2.05, 4.69) is 15.5 Å². The molecule has 1 atom stereocenters. The normalized spacial score (nSPS) is 17.7. The molecule has 1 saturated heterocycles. The molecule has 0 spiro atoms. The Balaban J connectivity index is 1.77. The Labute approximate surface area is 142 Å². The number of nitrogens with zero attached hydrogens (tertiary/aromatic N) is 1. The predicted molar refractivity (Wildman–Crippen MR) is 93.9 cm³/mol. The number of rotatable bonds is 6. The molecule has 0 saturated carbocycles. The summed E-state index contributed by atoms with van der Waals surface area (Å²) in [4.78, 5) is 28.3. The number of carbonyl (C=O) groups excluding carboxylic acids is 2. The molecular formula is C17H27N3O2S. The maximum atomic E-state index is 12.2. The Morgan fingerprint density at radius 2 is 2.04 bits per heavy atom. The molecule has 1 aliphatic rings. The smallest absolute Gasteiger partial charge is 0.261 e. The van der Waals surface area contributed by atoms with Gasteiger partial charge in [0.25, 0.3) is 5.91 Å². The Kier molecular flexibility index (Phi) is 6.59. The number of carbonyl (C=O) groups is 2. The van der Waals surface area contributed by atoms with Gasteiger partial charge < -0.3 is 10.6 Å². The fourth-order valence-corrected chi connectivity index (χ4v) is 3.58. The summed E-state index contributed by atoms with van der Waals surface area (Å²) in [5.41, 5.74) is 0. The minimum atomic E-state index is -0.0989. The van der Waals surface area contributed by atoms with Crippen molar-refractivity contribution >= 4 is 23.2 Å². The first-order chi connectivity index (χ1) is 11.0. The molecule has 6 heteroatoms. The van der Waals surface area contributed by atoms with Gasteiger partial charge in [-0.25, -0.2) is 0 Å². The second kappa shape index (κ2) is 8.45. The fraction of sp³-hybridized carbons (Fsp3) is 0.647. The standard InChI is InChI=1S/C17H27N3O2S/c1-4-9-18-16(21)13(3)20-10-7-14(8-11-20)19-17(22)15-6-5-12(2)23-15/h5-6,13-14H,4,7-11H2,1-3H3,(H,18,21)(H,19,22). The summed E-state index contributed by atoms with van der Waals surface area (Å²) in [5.74, 6) is 0.124. The molecular weight excluding hydrogens is 310 g/mol. The van der Waals surface area contributed by atoms with E-state index in [1.165, 1.54) is 11.3 Å². The number of hydrogen-bond acceptors (Lipinski definition) is 4. The topological polar surface area (TPSA) is 61.4 Å². The van der Waals surface area contributed by atoms with Crippen molar-refractivity contribution in [3.05, 3.63) is 21.9 Å². The van der Waals surface area contributed by atoms with Crippen LogP contribution in [0.15, 0.2) is 12.1 Å². The van der Waals surface area contributed by atoms with Crippen molar-refractivity contribution < 1.29 is 9.59 Å². The molecule has 0 bridgehead atoms. The van der Waals surface area contributed by atoms with E-state index in [-0.39, 0.29) is 23.9 Å². The molecule has 2 N–H and O–H groups in total. The van der Waals surface area contributed by atoms with Gasteiger partial charge in [-0.15, -0.1) is 11.3 Å². The minimum absolute atomic E-state index is 0.0234. The van der Waals surface area contributed by atoms with E-state index in [0.717, 1.165) is 48.7 Å². The van der Waals surface area contributed by atoms with Gasteiger partial charge in [-0.05, 0) is 45.2 Å². The highest BCUT2D eigenvalue weighted by Crippen LogP contribution is 2.17. The van der Waals surface area contributed by atoms with Crippen molar-refractivity contribution in [3.63, 3.8) is 0 Å². The van der Waals surface area contributed by atoms with Crippen molar-refractivity contribution in [2.24, 2.45) is 0 Å². The Hall–Kier alpha value is -1.40. The first-order valence-electron chi connectivity index (χ1n) is 8.40. The summed E-state index contributed by atoms with van der Waals surface area (Å²) in [6.07, 6.45) is 2.73. The van der Waals surface area contributed by atoms with E-state index >= 15 is 0 Å². The molecule has 1 fully saturated rings.